The molecule has 3 aromatic rings. The molecule has 4 rings (SSSR count). The maximum atomic E-state index is 13.8. The zero-order valence-electron chi connectivity index (χ0n) is 18.3. The first-order valence-electron chi connectivity index (χ1n) is 10.8. The summed E-state index contributed by atoms with van der Waals surface area (Å²) in [6.45, 7) is 1.99. The van der Waals surface area contributed by atoms with E-state index in [-0.39, 0.29) is 0 Å². The molecule has 2 aromatic carbocycles. The van der Waals surface area contributed by atoms with Gasteiger partial charge in [-0.2, -0.15) is 0 Å². The number of morpholine rings is 1. The number of carboxylic acid groups (broad SMARTS) is 1. The second-order valence-electron chi connectivity index (χ2n) is 8.03. The van der Waals surface area contributed by atoms with E-state index in [0.29, 0.717) is 27.9 Å². The van der Waals surface area contributed by atoms with Gasteiger partial charge in [0.25, 0.3) is 5.91 Å². The predicted molar refractivity (Wildman–Crippen MR) is 124 cm³/mol. The summed E-state index contributed by atoms with van der Waals surface area (Å²) in [5.41, 5.74) is 1.48. The van der Waals surface area contributed by atoms with Gasteiger partial charge in [0.1, 0.15) is 12.2 Å². The van der Waals surface area contributed by atoms with Gasteiger partial charge in [-0.3, -0.25) is 9.59 Å². The van der Waals surface area contributed by atoms with Crippen molar-refractivity contribution in [2.75, 3.05) is 0 Å². The monoisotopic (exact) mass is 503 g/mol. The smallest absolute Gasteiger partial charge is 0.306 e. The molecule has 2 heterocycles. The standard InChI is InChI=1S/C23H23Cl2N5O4/c1-2-4-17(22-26-28-29-27-22)30-20(13-7-9-15(24)10-8-13)21(14-5-3-6-16(25)11-14)34-18(23(30)33)12-19(31)32/h3,5-11,17-18,20-21H,2,4,12H2,1H3,(H,31,32)(H,26,27,28,29)/t17-,18-,20+,21-/m0/s1. The molecule has 1 fully saturated rings. The molecule has 11 heteroatoms. The van der Waals surface area contributed by atoms with Crippen LogP contribution in [0.15, 0.2) is 48.5 Å². The predicted octanol–water partition coefficient (Wildman–Crippen LogP) is 4.53. The van der Waals surface area contributed by atoms with Crippen LogP contribution in [-0.2, 0) is 14.3 Å². The van der Waals surface area contributed by atoms with Gasteiger partial charge >= 0.3 is 5.97 Å². The third-order valence-corrected chi connectivity index (χ3v) is 6.24. The van der Waals surface area contributed by atoms with Crippen molar-refractivity contribution in [2.24, 2.45) is 0 Å². The highest BCUT2D eigenvalue weighted by molar-refractivity contribution is 6.30. The van der Waals surface area contributed by atoms with Crippen molar-refractivity contribution in [3.05, 3.63) is 75.5 Å². The number of rotatable bonds is 8. The molecule has 0 bridgehead atoms. The van der Waals surface area contributed by atoms with Crippen molar-refractivity contribution in [3.8, 4) is 0 Å². The topological polar surface area (TPSA) is 121 Å². The molecule has 1 saturated heterocycles. The maximum absolute atomic E-state index is 13.8. The fraction of sp³-hybridized carbons (Fsp3) is 0.348. The Labute approximate surface area is 206 Å². The third kappa shape index (κ3) is 5.06. The Morgan fingerprint density at radius 1 is 1.18 bits per heavy atom. The molecule has 4 atom stereocenters. The summed E-state index contributed by atoms with van der Waals surface area (Å²) in [7, 11) is 0. The molecule has 9 nitrogen and oxygen atoms in total. The van der Waals surface area contributed by atoms with Crippen LogP contribution in [0.25, 0.3) is 0 Å². The third-order valence-electron chi connectivity index (χ3n) is 5.75. The molecule has 1 aliphatic rings. The van der Waals surface area contributed by atoms with Gasteiger partial charge in [0.2, 0.25) is 0 Å². The summed E-state index contributed by atoms with van der Waals surface area (Å²) in [6, 6.07) is 13.1. The highest BCUT2D eigenvalue weighted by Gasteiger charge is 2.48. The van der Waals surface area contributed by atoms with E-state index in [0.717, 1.165) is 12.0 Å². The second-order valence-corrected chi connectivity index (χ2v) is 8.90. The molecule has 1 aliphatic heterocycles. The minimum absolute atomic E-state index is 0.412. The maximum Gasteiger partial charge on any atom is 0.306 e. The Bertz CT molecular complexity index is 1140. The summed E-state index contributed by atoms with van der Waals surface area (Å²) in [5, 5.41) is 24.8. The van der Waals surface area contributed by atoms with Crippen molar-refractivity contribution in [2.45, 2.75) is 50.5 Å². The number of halogens is 2. The number of nitrogens with zero attached hydrogens (tertiary/aromatic N) is 4. The van der Waals surface area contributed by atoms with Gasteiger partial charge in [-0.1, -0.05) is 60.8 Å². The van der Waals surface area contributed by atoms with Crippen LogP contribution < -0.4 is 0 Å². The number of tetrazole rings is 1. The molecule has 1 amide bonds. The van der Waals surface area contributed by atoms with Gasteiger partial charge in [0, 0.05) is 10.0 Å². The normalized spacial score (nSPS) is 21.4. The number of aromatic amines is 1. The molecule has 0 radical (unpaired) electrons. The number of carboxylic acids is 1. The highest BCUT2D eigenvalue weighted by atomic mass is 35.5. The Morgan fingerprint density at radius 2 is 1.94 bits per heavy atom. The number of hydrogen-bond acceptors (Lipinski definition) is 6. The number of H-pyrrole nitrogens is 1. The Kier molecular flexibility index (Phi) is 7.45. The number of nitrogens with one attached hydrogen (secondary N) is 1. The number of benzene rings is 2. The second kappa shape index (κ2) is 10.5. The number of carbonyl (C=O) groups is 2. The first kappa shape index (κ1) is 24.1. The van der Waals surface area contributed by atoms with Gasteiger partial charge in [0.15, 0.2) is 5.82 Å². The molecule has 0 aliphatic carbocycles. The lowest BCUT2D eigenvalue weighted by atomic mass is 9.89. The molecule has 2 N–H and O–H groups in total. The van der Waals surface area contributed by atoms with Gasteiger partial charge in [-0.15, -0.1) is 5.10 Å². The van der Waals surface area contributed by atoms with E-state index >= 15 is 0 Å². The average molecular weight is 504 g/mol. The first-order valence-corrected chi connectivity index (χ1v) is 11.6. The van der Waals surface area contributed by atoms with Crippen LogP contribution in [0.4, 0.5) is 0 Å². The highest BCUT2D eigenvalue weighted by Crippen LogP contribution is 2.47. The SMILES string of the molecule is CCC[C@@H](c1nnn[nH]1)N1C(=O)[C@H](CC(=O)O)O[C@@H](c2cccc(Cl)c2)[C@H]1c1ccc(Cl)cc1. The van der Waals surface area contributed by atoms with E-state index in [4.69, 9.17) is 27.9 Å². The summed E-state index contributed by atoms with van der Waals surface area (Å²) >= 11 is 12.4. The van der Waals surface area contributed by atoms with Crippen molar-refractivity contribution >= 4 is 35.1 Å². The Balaban J connectivity index is 1.90. The lowest BCUT2D eigenvalue weighted by Crippen LogP contribution is -2.52. The lowest BCUT2D eigenvalue weighted by molar-refractivity contribution is -0.184. The molecule has 0 unspecified atom stereocenters. The Morgan fingerprint density at radius 3 is 2.56 bits per heavy atom. The molecule has 0 saturated carbocycles. The minimum Gasteiger partial charge on any atom is -0.481 e. The van der Waals surface area contributed by atoms with Crippen LogP contribution in [0.1, 0.15) is 61.3 Å². The largest absolute Gasteiger partial charge is 0.481 e. The number of carbonyl (C=O) groups excluding carboxylic acids is 1. The van der Waals surface area contributed by atoms with Crippen LogP contribution in [0.5, 0.6) is 0 Å². The van der Waals surface area contributed by atoms with Crippen molar-refractivity contribution < 1.29 is 19.4 Å². The van der Waals surface area contributed by atoms with E-state index in [9.17, 15) is 14.7 Å². The number of aromatic nitrogens is 4. The summed E-state index contributed by atoms with van der Waals surface area (Å²) < 4.78 is 6.20. The molecular weight excluding hydrogens is 481 g/mol. The van der Waals surface area contributed by atoms with Gasteiger partial charge in [0.05, 0.1) is 18.5 Å². The van der Waals surface area contributed by atoms with E-state index < -0.39 is 42.6 Å². The fourth-order valence-electron chi connectivity index (χ4n) is 4.33. The van der Waals surface area contributed by atoms with Gasteiger partial charge in [-0.05, 0) is 52.2 Å². The van der Waals surface area contributed by atoms with E-state index in [1.54, 1.807) is 35.2 Å². The lowest BCUT2D eigenvalue weighted by Gasteiger charge is -2.47. The van der Waals surface area contributed by atoms with Gasteiger partial charge in [-0.25, -0.2) is 5.10 Å². The fourth-order valence-corrected chi connectivity index (χ4v) is 4.65. The summed E-state index contributed by atoms with van der Waals surface area (Å²) in [5.74, 6) is -1.17. The number of hydrogen-bond donors (Lipinski definition) is 2. The average Bonchev–Trinajstić information content (AvgIpc) is 3.34. The zero-order valence-corrected chi connectivity index (χ0v) is 19.8. The van der Waals surface area contributed by atoms with E-state index in [1.807, 2.05) is 25.1 Å². The zero-order chi connectivity index (χ0) is 24.2. The Hall–Kier alpha value is -3.01. The van der Waals surface area contributed by atoms with E-state index in [1.165, 1.54) is 0 Å². The molecular formula is C23H23Cl2N5O4. The van der Waals surface area contributed by atoms with Crippen molar-refractivity contribution in [1.82, 2.24) is 25.5 Å². The van der Waals surface area contributed by atoms with Crippen LogP contribution in [-0.4, -0.2) is 48.6 Å². The van der Waals surface area contributed by atoms with Crippen molar-refractivity contribution in [3.63, 3.8) is 0 Å². The first-order chi connectivity index (χ1) is 16.4. The van der Waals surface area contributed by atoms with E-state index in [2.05, 4.69) is 20.6 Å². The summed E-state index contributed by atoms with van der Waals surface area (Å²) in [4.78, 5) is 27.0. The number of ether oxygens (including phenoxy) is 1. The van der Waals surface area contributed by atoms with Crippen LogP contribution >= 0.6 is 23.2 Å². The quantitative estimate of drug-likeness (QED) is 0.462. The number of amides is 1. The minimum atomic E-state index is -1.19. The molecule has 34 heavy (non-hydrogen) atoms. The molecule has 1 aromatic heterocycles. The van der Waals surface area contributed by atoms with Crippen LogP contribution in [0.2, 0.25) is 10.0 Å². The van der Waals surface area contributed by atoms with Crippen LogP contribution in [0.3, 0.4) is 0 Å². The van der Waals surface area contributed by atoms with Crippen LogP contribution in [0, 0.1) is 0 Å². The molecule has 178 valence electrons. The van der Waals surface area contributed by atoms with Crippen molar-refractivity contribution in [1.29, 1.82) is 0 Å². The number of aliphatic carboxylic acids is 1. The summed E-state index contributed by atoms with van der Waals surface area (Å²) in [6.07, 6.45) is -1.09. The van der Waals surface area contributed by atoms with Gasteiger partial charge < -0.3 is 14.7 Å². The molecule has 0 spiro atoms.